The molecule has 0 fully saturated rings. The Labute approximate surface area is 95.1 Å². The molecule has 0 aliphatic carbocycles. The monoisotopic (exact) mass is 214 g/mol. The summed E-state index contributed by atoms with van der Waals surface area (Å²) < 4.78 is 5.55. The van der Waals surface area contributed by atoms with Crippen LogP contribution in [0.4, 0.5) is 0 Å². The van der Waals surface area contributed by atoms with Crippen LogP contribution in [-0.2, 0) is 0 Å². The van der Waals surface area contributed by atoms with Gasteiger partial charge in [0.2, 0.25) is 5.88 Å². The summed E-state index contributed by atoms with van der Waals surface area (Å²) in [4.78, 5) is 8.42. The van der Waals surface area contributed by atoms with E-state index in [1.165, 1.54) is 0 Å². The van der Waals surface area contributed by atoms with Crippen LogP contribution >= 0.6 is 0 Å². The van der Waals surface area contributed by atoms with Crippen molar-refractivity contribution in [1.82, 2.24) is 9.97 Å². The van der Waals surface area contributed by atoms with Gasteiger partial charge in [-0.1, -0.05) is 6.07 Å². The molecule has 0 saturated heterocycles. The molecule has 0 aliphatic heterocycles. The van der Waals surface area contributed by atoms with Crippen LogP contribution in [0.5, 0.6) is 5.88 Å². The third-order valence-electron chi connectivity index (χ3n) is 2.06. The van der Waals surface area contributed by atoms with Gasteiger partial charge in [-0.3, -0.25) is 4.98 Å². The third kappa shape index (κ3) is 2.57. The molecule has 0 atom stereocenters. The molecule has 82 valence electrons. The number of rotatable bonds is 3. The lowest BCUT2D eigenvalue weighted by Gasteiger charge is -2.09. The van der Waals surface area contributed by atoms with Crippen molar-refractivity contribution in [3.05, 3.63) is 42.7 Å². The van der Waals surface area contributed by atoms with E-state index in [0.717, 1.165) is 11.3 Å². The molecule has 2 rings (SSSR count). The Morgan fingerprint density at radius 1 is 1.06 bits per heavy atom. The van der Waals surface area contributed by atoms with Crippen LogP contribution in [0.15, 0.2) is 42.7 Å². The Balaban J connectivity index is 2.29. The van der Waals surface area contributed by atoms with Crippen molar-refractivity contribution in [3.8, 4) is 17.1 Å². The minimum atomic E-state index is 0.139. The normalized spacial score (nSPS) is 10.4. The number of pyridine rings is 2. The number of nitrogens with zero attached hydrogens (tertiary/aromatic N) is 2. The SMILES string of the molecule is CC(C)Oc1cccc(-c2ccncc2)n1. The summed E-state index contributed by atoms with van der Waals surface area (Å²) in [5.74, 6) is 0.657. The molecule has 0 saturated carbocycles. The van der Waals surface area contributed by atoms with E-state index in [2.05, 4.69) is 9.97 Å². The molecule has 0 aromatic carbocycles. The zero-order valence-electron chi connectivity index (χ0n) is 9.42. The average Bonchev–Trinajstić information content (AvgIpc) is 2.30. The standard InChI is InChI=1S/C13H14N2O/c1-10(2)16-13-5-3-4-12(15-13)11-6-8-14-9-7-11/h3-10H,1-2H3. The van der Waals surface area contributed by atoms with Crippen LogP contribution in [0, 0.1) is 0 Å². The fourth-order valence-corrected chi connectivity index (χ4v) is 1.41. The molecule has 2 heterocycles. The maximum Gasteiger partial charge on any atom is 0.214 e. The smallest absolute Gasteiger partial charge is 0.214 e. The van der Waals surface area contributed by atoms with Gasteiger partial charge in [-0.15, -0.1) is 0 Å². The second-order valence-corrected chi connectivity index (χ2v) is 3.76. The lowest BCUT2D eigenvalue weighted by molar-refractivity contribution is 0.233. The number of ether oxygens (including phenoxy) is 1. The topological polar surface area (TPSA) is 35.0 Å². The Kier molecular flexibility index (Phi) is 3.15. The fraction of sp³-hybridized carbons (Fsp3) is 0.231. The highest BCUT2D eigenvalue weighted by Crippen LogP contribution is 2.19. The highest BCUT2D eigenvalue weighted by Gasteiger charge is 2.02. The highest BCUT2D eigenvalue weighted by molar-refractivity contribution is 5.58. The average molecular weight is 214 g/mol. The van der Waals surface area contributed by atoms with Gasteiger partial charge < -0.3 is 4.74 Å². The molecule has 0 bridgehead atoms. The van der Waals surface area contributed by atoms with Crippen LogP contribution in [0.25, 0.3) is 11.3 Å². The number of hydrogen-bond donors (Lipinski definition) is 0. The van der Waals surface area contributed by atoms with Crippen LogP contribution < -0.4 is 4.74 Å². The summed E-state index contributed by atoms with van der Waals surface area (Å²) >= 11 is 0. The first kappa shape index (κ1) is 10.6. The zero-order valence-corrected chi connectivity index (χ0v) is 9.42. The van der Waals surface area contributed by atoms with E-state index >= 15 is 0 Å². The molecular formula is C13H14N2O. The molecule has 2 aromatic rings. The molecule has 0 unspecified atom stereocenters. The van der Waals surface area contributed by atoms with Gasteiger partial charge in [0.25, 0.3) is 0 Å². The third-order valence-corrected chi connectivity index (χ3v) is 2.06. The number of aromatic nitrogens is 2. The van der Waals surface area contributed by atoms with Crippen LogP contribution in [-0.4, -0.2) is 16.1 Å². The molecule has 0 radical (unpaired) electrons. The van der Waals surface area contributed by atoms with Crippen molar-refractivity contribution < 1.29 is 4.74 Å². The van der Waals surface area contributed by atoms with E-state index < -0.39 is 0 Å². The van der Waals surface area contributed by atoms with Gasteiger partial charge in [0.15, 0.2) is 0 Å². The van der Waals surface area contributed by atoms with E-state index in [9.17, 15) is 0 Å². The van der Waals surface area contributed by atoms with Gasteiger partial charge in [0.1, 0.15) is 0 Å². The van der Waals surface area contributed by atoms with E-state index in [1.807, 2.05) is 44.2 Å². The Morgan fingerprint density at radius 2 is 1.81 bits per heavy atom. The van der Waals surface area contributed by atoms with E-state index in [-0.39, 0.29) is 6.10 Å². The Morgan fingerprint density at radius 3 is 2.50 bits per heavy atom. The zero-order chi connectivity index (χ0) is 11.4. The molecule has 3 heteroatoms. The van der Waals surface area contributed by atoms with Crippen molar-refractivity contribution in [2.24, 2.45) is 0 Å². The summed E-state index contributed by atoms with van der Waals surface area (Å²) in [5, 5.41) is 0. The second-order valence-electron chi connectivity index (χ2n) is 3.76. The minimum absolute atomic E-state index is 0.139. The van der Waals surface area contributed by atoms with E-state index in [0.29, 0.717) is 5.88 Å². The second kappa shape index (κ2) is 4.75. The lowest BCUT2D eigenvalue weighted by atomic mass is 10.2. The summed E-state index contributed by atoms with van der Waals surface area (Å²) in [6, 6.07) is 9.64. The first-order valence-electron chi connectivity index (χ1n) is 5.30. The van der Waals surface area contributed by atoms with Crippen LogP contribution in [0.2, 0.25) is 0 Å². The van der Waals surface area contributed by atoms with E-state index in [4.69, 9.17) is 4.74 Å². The summed E-state index contributed by atoms with van der Waals surface area (Å²) in [6.45, 7) is 3.97. The summed E-state index contributed by atoms with van der Waals surface area (Å²) in [7, 11) is 0. The van der Waals surface area contributed by atoms with Gasteiger partial charge in [-0.2, -0.15) is 0 Å². The van der Waals surface area contributed by atoms with Crippen LogP contribution in [0.3, 0.4) is 0 Å². The van der Waals surface area contributed by atoms with E-state index in [1.54, 1.807) is 12.4 Å². The maximum absolute atomic E-state index is 5.55. The molecule has 0 amide bonds. The lowest BCUT2D eigenvalue weighted by Crippen LogP contribution is -2.06. The van der Waals surface area contributed by atoms with Crippen LogP contribution in [0.1, 0.15) is 13.8 Å². The molecule has 3 nitrogen and oxygen atoms in total. The molecule has 16 heavy (non-hydrogen) atoms. The Bertz CT molecular complexity index is 454. The van der Waals surface area contributed by atoms with Crippen molar-refractivity contribution in [2.45, 2.75) is 20.0 Å². The molecule has 0 aliphatic rings. The van der Waals surface area contributed by atoms with Crippen molar-refractivity contribution in [2.75, 3.05) is 0 Å². The Hall–Kier alpha value is -1.90. The molecule has 0 N–H and O–H groups in total. The maximum atomic E-state index is 5.55. The molecule has 2 aromatic heterocycles. The van der Waals surface area contributed by atoms with Crippen molar-refractivity contribution in [1.29, 1.82) is 0 Å². The summed E-state index contributed by atoms with van der Waals surface area (Å²) in [6.07, 6.45) is 3.65. The largest absolute Gasteiger partial charge is 0.475 e. The molecular weight excluding hydrogens is 200 g/mol. The van der Waals surface area contributed by atoms with Gasteiger partial charge >= 0.3 is 0 Å². The quantitative estimate of drug-likeness (QED) is 0.788. The van der Waals surface area contributed by atoms with Gasteiger partial charge in [-0.25, -0.2) is 4.98 Å². The molecule has 0 spiro atoms. The predicted molar refractivity (Wildman–Crippen MR) is 63.2 cm³/mol. The van der Waals surface area contributed by atoms with Crippen molar-refractivity contribution in [3.63, 3.8) is 0 Å². The predicted octanol–water partition coefficient (Wildman–Crippen LogP) is 2.93. The number of hydrogen-bond acceptors (Lipinski definition) is 3. The fourth-order valence-electron chi connectivity index (χ4n) is 1.41. The van der Waals surface area contributed by atoms with Gasteiger partial charge in [0, 0.05) is 24.0 Å². The highest BCUT2D eigenvalue weighted by atomic mass is 16.5. The van der Waals surface area contributed by atoms with Gasteiger partial charge in [0.05, 0.1) is 11.8 Å². The minimum Gasteiger partial charge on any atom is -0.475 e. The summed E-state index contributed by atoms with van der Waals surface area (Å²) in [5.41, 5.74) is 1.95. The first-order valence-corrected chi connectivity index (χ1v) is 5.30. The van der Waals surface area contributed by atoms with Gasteiger partial charge in [-0.05, 0) is 32.0 Å². The van der Waals surface area contributed by atoms with Crippen molar-refractivity contribution >= 4 is 0 Å². The first-order chi connectivity index (χ1) is 7.75.